The molecule has 2 aliphatic rings. The van der Waals surface area contributed by atoms with Crippen LogP contribution in [0.15, 0.2) is 42.5 Å². The third kappa shape index (κ3) is 5.28. The Bertz CT molecular complexity index is 1060. The number of aromatic amines is 1. The Kier molecular flexibility index (Phi) is 6.32. The first kappa shape index (κ1) is 21.4. The summed E-state index contributed by atoms with van der Waals surface area (Å²) in [5.74, 6) is -0.332. The molecule has 1 amide bonds. The van der Waals surface area contributed by atoms with Crippen LogP contribution in [0.1, 0.15) is 32.1 Å². The quantitative estimate of drug-likeness (QED) is 0.540. The van der Waals surface area contributed by atoms with Gasteiger partial charge in [0.25, 0.3) is 0 Å². The largest absolute Gasteiger partial charge is 0.354 e. The molecule has 31 heavy (non-hydrogen) atoms. The van der Waals surface area contributed by atoms with Crippen LogP contribution in [0.25, 0.3) is 22.2 Å². The normalized spacial score (nSPS) is 16.9. The number of hydrogen-bond acceptors (Lipinski definition) is 2. The molecule has 1 atom stereocenters. The summed E-state index contributed by atoms with van der Waals surface area (Å²) < 4.78 is 39.4. The van der Waals surface area contributed by atoms with E-state index in [1.54, 1.807) is 18.2 Å². The molecule has 7 heteroatoms. The van der Waals surface area contributed by atoms with Crippen molar-refractivity contribution < 1.29 is 18.0 Å². The maximum atomic E-state index is 13.5. The molecule has 2 aromatic carbocycles. The Balaban J connectivity index is 0.000000158. The molecule has 0 saturated heterocycles. The summed E-state index contributed by atoms with van der Waals surface area (Å²) in [5.41, 5.74) is 7.34. The van der Waals surface area contributed by atoms with Gasteiger partial charge in [0.15, 0.2) is 0 Å². The smallest absolute Gasteiger partial charge is 0.237 e. The summed E-state index contributed by atoms with van der Waals surface area (Å²) in [6, 6.07) is 9.27. The van der Waals surface area contributed by atoms with Crippen LogP contribution in [-0.4, -0.2) is 23.5 Å². The van der Waals surface area contributed by atoms with Gasteiger partial charge in [-0.1, -0.05) is 6.42 Å². The van der Waals surface area contributed by atoms with E-state index in [1.807, 2.05) is 0 Å². The van der Waals surface area contributed by atoms with E-state index in [-0.39, 0.29) is 23.3 Å². The van der Waals surface area contributed by atoms with E-state index in [0.717, 1.165) is 31.4 Å². The highest BCUT2D eigenvalue weighted by Crippen LogP contribution is 2.32. The van der Waals surface area contributed by atoms with E-state index in [2.05, 4.69) is 10.3 Å². The van der Waals surface area contributed by atoms with Gasteiger partial charge in [0.2, 0.25) is 5.91 Å². The van der Waals surface area contributed by atoms with Gasteiger partial charge >= 0.3 is 0 Å². The highest BCUT2D eigenvalue weighted by Gasteiger charge is 2.33. The first-order valence-corrected chi connectivity index (χ1v) is 10.7. The van der Waals surface area contributed by atoms with Crippen LogP contribution in [0.4, 0.5) is 13.2 Å². The second-order valence-corrected chi connectivity index (χ2v) is 8.45. The molecule has 4 nitrogen and oxygen atoms in total. The van der Waals surface area contributed by atoms with E-state index in [4.69, 9.17) is 5.73 Å². The minimum atomic E-state index is -0.640. The SMILES string of the molecule is Fc1ccc(-c2cc3cc(F)cc(F)c3[nH]2)cc1.NC(C(=O)NCC1CCC1)C1CC1. The van der Waals surface area contributed by atoms with Crippen LogP contribution in [0.3, 0.4) is 0 Å². The first-order chi connectivity index (χ1) is 14.9. The van der Waals surface area contributed by atoms with Crippen molar-refractivity contribution in [1.82, 2.24) is 10.3 Å². The number of hydrogen-bond donors (Lipinski definition) is 3. The lowest BCUT2D eigenvalue weighted by atomic mass is 9.85. The van der Waals surface area contributed by atoms with Crippen molar-refractivity contribution >= 4 is 16.8 Å². The molecule has 2 fully saturated rings. The highest BCUT2D eigenvalue weighted by molar-refractivity contribution is 5.86. The fourth-order valence-corrected chi connectivity index (χ4v) is 3.68. The molecule has 2 saturated carbocycles. The number of benzene rings is 2. The minimum absolute atomic E-state index is 0.0643. The standard InChI is InChI=1S/C14H8F3N.C10H18N2O/c15-10-3-1-8(2-4-10)13-6-9-5-11(16)7-12(17)14(9)18-13;11-9(8-4-5-8)10(13)12-6-7-2-1-3-7/h1-7,18H;7-9H,1-6,11H2,(H,12,13). The molecule has 1 heterocycles. The molecule has 5 rings (SSSR count). The van der Waals surface area contributed by atoms with E-state index >= 15 is 0 Å². The van der Waals surface area contributed by atoms with E-state index in [1.165, 1.54) is 37.5 Å². The van der Waals surface area contributed by atoms with Gasteiger partial charge < -0.3 is 16.0 Å². The first-order valence-electron chi connectivity index (χ1n) is 10.7. The van der Waals surface area contributed by atoms with Gasteiger partial charge in [0.1, 0.15) is 17.5 Å². The molecule has 0 spiro atoms. The molecule has 1 unspecified atom stereocenters. The third-order valence-electron chi connectivity index (χ3n) is 6.02. The Labute approximate surface area is 179 Å². The molecule has 0 bridgehead atoms. The van der Waals surface area contributed by atoms with Crippen LogP contribution in [0.5, 0.6) is 0 Å². The average Bonchev–Trinajstić information content (AvgIpc) is 3.46. The van der Waals surface area contributed by atoms with Crippen LogP contribution in [0.2, 0.25) is 0 Å². The number of carbonyl (C=O) groups is 1. The number of amides is 1. The van der Waals surface area contributed by atoms with E-state index in [0.29, 0.717) is 22.6 Å². The summed E-state index contributed by atoms with van der Waals surface area (Å²) in [4.78, 5) is 14.3. The fourth-order valence-electron chi connectivity index (χ4n) is 3.68. The van der Waals surface area contributed by atoms with Gasteiger partial charge in [0.05, 0.1) is 11.6 Å². The lowest BCUT2D eigenvalue weighted by Gasteiger charge is -2.26. The van der Waals surface area contributed by atoms with Gasteiger partial charge in [0, 0.05) is 23.7 Å². The summed E-state index contributed by atoms with van der Waals surface area (Å²) >= 11 is 0. The predicted octanol–water partition coefficient (Wildman–Crippen LogP) is 4.89. The molecular weight excluding hydrogens is 403 g/mol. The van der Waals surface area contributed by atoms with Crippen molar-refractivity contribution in [3.63, 3.8) is 0 Å². The minimum Gasteiger partial charge on any atom is -0.354 e. The molecule has 1 aromatic heterocycles. The zero-order valence-electron chi connectivity index (χ0n) is 17.1. The Morgan fingerprint density at radius 2 is 1.74 bits per heavy atom. The van der Waals surface area contributed by atoms with Gasteiger partial charge in [-0.3, -0.25) is 4.79 Å². The monoisotopic (exact) mass is 429 g/mol. The second kappa shape index (κ2) is 9.14. The summed E-state index contributed by atoms with van der Waals surface area (Å²) in [5, 5.41) is 3.39. The summed E-state index contributed by atoms with van der Waals surface area (Å²) in [7, 11) is 0. The maximum absolute atomic E-state index is 13.5. The van der Waals surface area contributed by atoms with E-state index in [9.17, 15) is 18.0 Å². The number of carbonyl (C=O) groups excluding carboxylic acids is 1. The Hall–Kier alpha value is -2.80. The number of nitrogens with two attached hydrogens (primary N) is 1. The van der Waals surface area contributed by atoms with Gasteiger partial charge in [-0.05, 0) is 79.5 Å². The van der Waals surface area contributed by atoms with Crippen LogP contribution in [0, 0.1) is 29.3 Å². The van der Waals surface area contributed by atoms with E-state index < -0.39 is 11.6 Å². The Morgan fingerprint density at radius 3 is 2.35 bits per heavy atom. The van der Waals surface area contributed by atoms with Gasteiger partial charge in [-0.25, -0.2) is 13.2 Å². The lowest BCUT2D eigenvalue weighted by Crippen LogP contribution is -2.44. The number of fused-ring (bicyclic) bond motifs is 1. The molecule has 3 aromatic rings. The Morgan fingerprint density at radius 1 is 1.03 bits per heavy atom. The van der Waals surface area contributed by atoms with Crippen molar-refractivity contribution in [1.29, 1.82) is 0 Å². The van der Waals surface area contributed by atoms with Crippen LogP contribution in [-0.2, 0) is 4.79 Å². The second-order valence-electron chi connectivity index (χ2n) is 8.45. The summed E-state index contributed by atoms with van der Waals surface area (Å²) in [6.45, 7) is 0.846. The van der Waals surface area contributed by atoms with Crippen molar-refractivity contribution in [2.24, 2.45) is 17.6 Å². The van der Waals surface area contributed by atoms with Crippen molar-refractivity contribution in [3.8, 4) is 11.3 Å². The molecule has 4 N–H and O–H groups in total. The average molecular weight is 429 g/mol. The highest BCUT2D eigenvalue weighted by atomic mass is 19.1. The molecule has 164 valence electrons. The molecule has 0 aliphatic heterocycles. The topological polar surface area (TPSA) is 70.9 Å². The molecule has 0 radical (unpaired) electrons. The maximum Gasteiger partial charge on any atom is 0.237 e. The molecule has 2 aliphatic carbocycles. The number of halogens is 3. The number of aromatic nitrogens is 1. The lowest BCUT2D eigenvalue weighted by molar-refractivity contribution is -0.123. The van der Waals surface area contributed by atoms with Crippen molar-refractivity contribution in [2.75, 3.05) is 6.54 Å². The van der Waals surface area contributed by atoms with Gasteiger partial charge in [-0.15, -0.1) is 0 Å². The number of nitrogens with one attached hydrogen (secondary N) is 2. The molecular formula is C24H26F3N3O. The van der Waals surface area contributed by atoms with Crippen LogP contribution < -0.4 is 11.1 Å². The number of rotatable bonds is 5. The van der Waals surface area contributed by atoms with Crippen molar-refractivity contribution in [2.45, 2.75) is 38.1 Å². The fraction of sp³-hybridized carbons (Fsp3) is 0.375. The van der Waals surface area contributed by atoms with Gasteiger partial charge in [-0.2, -0.15) is 0 Å². The third-order valence-corrected chi connectivity index (χ3v) is 6.02. The zero-order valence-corrected chi connectivity index (χ0v) is 17.1. The predicted molar refractivity (Wildman–Crippen MR) is 115 cm³/mol. The van der Waals surface area contributed by atoms with Crippen LogP contribution >= 0.6 is 0 Å². The van der Waals surface area contributed by atoms with Crippen molar-refractivity contribution in [3.05, 3.63) is 59.9 Å². The summed E-state index contributed by atoms with van der Waals surface area (Å²) in [6.07, 6.45) is 6.16. The zero-order chi connectivity index (χ0) is 22.0. The number of H-pyrrole nitrogens is 1.